The molecule has 0 spiro atoms. The van der Waals surface area contributed by atoms with Crippen LogP contribution in [0, 0.1) is 0 Å². The molecule has 0 aromatic heterocycles. The summed E-state index contributed by atoms with van der Waals surface area (Å²) in [6.45, 7) is 15.1. The number of ketones is 2. The van der Waals surface area contributed by atoms with Gasteiger partial charge < -0.3 is 49.5 Å². The lowest BCUT2D eigenvalue weighted by Gasteiger charge is -2.19. The molecule has 0 saturated carbocycles. The van der Waals surface area contributed by atoms with Crippen molar-refractivity contribution >= 4 is 11.6 Å². The summed E-state index contributed by atoms with van der Waals surface area (Å²) in [6, 6.07) is 11.4. The molecule has 0 heterocycles. The first-order chi connectivity index (χ1) is 34.1. The lowest BCUT2D eigenvalue weighted by atomic mass is 10.0. The van der Waals surface area contributed by atoms with Crippen LogP contribution in [-0.2, 0) is 19.4 Å². The third-order valence-corrected chi connectivity index (χ3v) is 12.5. The Morgan fingerprint density at radius 3 is 1.10 bits per heavy atom. The number of carbonyl (C=O) groups excluding carboxylic acids is 2. The van der Waals surface area contributed by atoms with E-state index >= 15 is 0 Å². The lowest BCUT2D eigenvalue weighted by molar-refractivity contribution is 0.100. The molecule has 0 fully saturated rings. The molecule has 1 atom stereocenters. The van der Waals surface area contributed by atoms with E-state index in [1.807, 2.05) is 64.5 Å². The summed E-state index contributed by atoms with van der Waals surface area (Å²) in [4.78, 5) is 24.6. The molecule has 0 amide bonds. The van der Waals surface area contributed by atoms with Crippen LogP contribution in [0.3, 0.4) is 0 Å². The Morgan fingerprint density at radius 1 is 0.457 bits per heavy atom. The number of hydrogen-bond donors (Lipinski definition) is 4. The number of aliphatic hydroxyl groups is 1. The number of benzene rings is 3. The first-order valence-electron chi connectivity index (χ1n) is 27.0. The number of Topliss-reactive ketones (excluding diaryl/α,β-unsaturated/α-hetero) is 2. The van der Waals surface area contributed by atoms with E-state index in [0.717, 1.165) is 179 Å². The van der Waals surface area contributed by atoms with Crippen LogP contribution >= 0.6 is 0 Å². The average Bonchev–Trinajstić information content (AvgIpc) is 3.34. The molecule has 3 aromatic carbocycles. The van der Waals surface area contributed by atoms with Gasteiger partial charge in [-0.3, -0.25) is 9.59 Å². The number of rotatable bonds is 43. The molecule has 0 saturated heterocycles. The summed E-state index contributed by atoms with van der Waals surface area (Å²) in [6.07, 6.45) is 20.0. The van der Waals surface area contributed by atoms with Crippen LogP contribution in [0.4, 0.5) is 0 Å². The van der Waals surface area contributed by atoms with E-state index in [0.29, 0.717) is 57.3 Å². The van der Waals surface area contributed by atoms with Crippen molar-refractivity contribution in [2.45, 2.75) is 176 Å². The highest BCUT2D eigenvalue weighted by Gasteiger charge is 2.19. The van der Waals surface area contributed by atoms with Gasteiger partial charge in [0.25, 0.3) is 0 Å². The van der Waals surface area contributed by atoms with Crippen molar-refractivity contribution in [3.8, 4) is 34.5 Å². The summed E-state index contributed by atoms with van der Waals surface area (Å²) in [5.41, 5.74) is 5.12. The van der Waals surface area contributed by atoms with Crippen molar-refractivity contribution < 1.29 is 43.1 Å². The molecule has 0 aliphatic rings. The topological polar surface area (TPSA) is 146 Å². The van der Waals surface area contributed by atoms with Crippen LogP contribution in [0.1, 0.15) is 199 Å². The molecule has 0 aliphatic heterocycles. The van der Waals surface area contributed by atoms with Crippen LogP contribution < -0.4 is 44.4 Å². The second-order valence-electron chi connectivity index (χ2n) is 18.6. The van der Waals surface area contributed by atoms with E-state index in [1.54, 1.807) is 20.8 Å². The first-order valence-corrected chi connectivity index (χ1v) is 27.0. The van der Waals surface area contributed by atoms with Crippen LogP contribution in [-0.4, -0.2) is 90.5 Å². The van der Waals surface area contributed by atoms with E-state index in [9.17, 15) is 14.7 Å². The van der Waals surface area contributed by atoms with E-state index < -0.39 is 6.10 Å². The third kappa shape index (κ3) is 22.8. The van der Waals surface area contributed by atoms with E-state index in [2.05, 4.69) is 22.9 Å². The number of unbranched alkanes of at least 4 members (excludes halogenated alkanes) is 13. The first kappa shape index (κ1) is 59.9. The maximum Gasteiger partial charge on any atom is 0.160 e. The monoisotopic (exact) mass is 976 g/mol. The zero-order chi connectivity index (χ0) is 50.8. The van der Waals surface area contributed by atoms with Crippen molar-refractivity contribution in [3.63, 3.8) is 0 Å². The summed E-state index contributed by atoms with van der Waals surface area (Å²) < 4.78 is 37.6. The maximum atomic E-state index is 12.3. The highest BCUT2D eigenvalue weighted by molar-refractivity contribution is 5.95. The van der Waals surface area contributed by atoms with Crippen LogP contribution in [0.2, 0.25) is 0 Å². The van der Waals surface area contributed by atoms with Gasteiger partial charge in [0.1, 0.15) is 34.5 Å². The van der Waals surface area contributed by atoms with Crippen molar-refractivity contribution in [2.24, 2.45) is 0 Å². The molecule has 3 rings (SSSR count). The zero-order valence-electron chi connectivity index (χ0n) is 44.8. The fourth-order valence-corrected chi connectivity index (χ4v) is 8.45. The Hall–Kier alpha value is -4.36. The quantitative estimate of drug-likeness (QED) is 0.0316. The van der Waals surface area contributed by atoms with Crippen molar-refractivity contribution in [2.75, 3.05) is 73.9 Å². The van der Waals surface area contributed by atoms with E-state index in [-0.39, 0.29) is 11.6 Å². The standard InChI is InChI=1S/C58H93N3O9/c1-9-11-21-32-69-57-41-49(46(5)64)42-58(52(57)43-61-8)70-36-23-18-15-13-12-14-17-22-33-67-55-39-48(45(4)63)40-56(51(55)29-27-31-60-7)68-35-25-20-16-19-24-34-66-54-38-47(44(3)62)37-53(65-10-2)50(54)28-26-30-59-6/h37-42,45,59-61,63H,9-36,43H2,1-8H3. The van der Waals surface area contributed by atoms with Gasteiger partial charge in [-0.25, -0.2) is 0 Å². The highest BCUT2D eigenvalue weighted by atomic mass is 16.5. The van der Waals surface area contributed by atoms with Gasteiger partial charge in [0.15, 0.2) is 11.6 Å². The predicted octanol–water partition coefficient (Wildman–Crippen LogP) is 12.1. The van der Waals surface area contributed by atoms with Crippen molar-refractivity contribution in [3.05, 3.63) is 69.8 Å². The predicted molar refractivity (Wildman–Crippen MR) is 285 cm³/mol. The fourth-order valence-electron chi connectivity index (χ4n) is 8.45. The zero-order valence-corrected chi connectivity index (χ0v) is 44.8. The van der Waals surface area contributed by atoms with Gasteiger partial charge in [-0.1, -0.05) is 77.6 Å². The molecule has 394 valence electrons. The molecule has 3 aromatic rings. The van der Waals surface area contributed by atoms with Gasteiger partial charge in [-0.15, -0.1) is 0 Å². The Labute approximate surface area is 423 Å². The third-order valence-electron chi connectivity index (χ3n) is 12.5. The molecule has 1 unspecified atom stereocenters. The molecule has 0 radical (unpaired) electrons. The van der Waals surface area contributed by atoms with Gasteiger partial charge in [0.05, 0.1) is 45.7 Å². The molecule has 0 aliphatic carbocycles. The number of carbonyl (C=O) groups is 2. The number of hydrogen-bond acceptors (Lipinski definition) is 12. The molecule has 12 heteroatoms. The van der Waals surface area contributed by atoms with Gasteiger partial charge in [-0.2, -0.15) is 0 Å². The van der Waals surface area contributed by atoms with Crippen LogP contribution in [0.25, 0.3) is 0 Å². The number of ether oxygens (including phenoxy) is 6. The Kier molecular flexibility index (Phi) is 31.3. The van der Waals surface area contributed by atoms with Gasteiger partial charge in [0.2, 0.25) is 0 Å². The molecule has 70 heavy (non-hydrogen) atoms. The Morgan fingerprint density at radius 2 is 0.786 bits per heavy atom. The summed E-state index contributed by atoms with van der Waals surface area (Å²) >= 11 is 0. The molecular formula is C58H93N3O9. The summed E-state index contributed by atoms with van der Waals surface area (Å²) in [5, 5.41) is 20.4. The molecular weight excluding hydrogens is 883 g/mol. The number of nitrogens with one attached hydrogen (secondary N) is 3. The smallest absolute Gasteiger partial charge is 0.160 e. The minimum atomic E-state index is -0.633. The second-order valence-corrected chi connectivity index (χ2v) is 18.6. The Bertz CT molecular complexity index is 1920. The SMILES string of the molecule is CCCCCOc1cc(C(C)=O)cc(OCCCCCCCCCCOc2cc(C(C)O)cc(OCCCCCCCOc3cc(C(C)=O)cc(OCC)c3CCCNC)c2CCCNC)c1CNC. The molecule has 4 N–H and O–H groups in total. The number of aliphatic hydroxyl groups excluding tert-OH is 1. The van der Waals surface area contributed by atoms with Crippen molar-refractivity contribution in [1.29, 1.82) is 0 Å². The van der Waals surface area contributed by atoms with Gasteiger partial charge in [-0.05, 0) is 162 Å². The normalized spacial score (nSPS) is 11.7. The Balaban J connectivity index is 1.42. The average molecular weight is 976 g/mol. The lowest BCUT2D eigenvalue weighted by Crippen LogP contribution is -2.12. The minimum absolute atomic E-state index is 0.000677. The fraction of sp³-hybridized carbons (Fsp3) is 0.655. The second kappa shape index (κ2) is 36.5. The largest absolute Gasteiger partial charge is 0.493 e. The van der Waals surface area contributed by atoms with Gasteiger partial charge in [0, 0.05) is 34.4 Å². The minimum Gasteiger partial charge on any atom is -0.493 e. The maximum absolute atomic E-state index is 12.3. The molecule has 0 bridgehead atoms. The van der Waals surface area contributed by atoms with E-state index in [4.69, 9.17) is 28.4 Å². The molecule has 12 nitrogen and oxygen atoms in total. The van der Waals surface area contributed by atoms with Crippen LogP contribution in [0.15, 0.2) is 36.4 Å². The van der Waals surface area contributed by atoms with Crippen molar-refractivity contribution in [1.82, 2.24) is 16.0 Å². The summed E-state index contributed by atoms with van der Waals surface area (Å²) in [7, 11) is 5.84. The van der Waals surface area contributed by atoms with E-state index in [1.165, 1.54) is 19.3 Å². The highest BCUT2D eigenvalue weighted by Crippen LogP contribution is 2.36. The van der Waals surface area contributed by atoms with Crippen LogP contribution in [0.5, 0.6) is 34.5 Å². The van der Waals surface area contributed by atoms with Gasteiger partial charge >= 0.3 is 0 Å². The summed E-state index contributed by atoms with van der Waals surface area (Å²) in [5.74, 6) is 4.61.